The van der Waals surface area contributed by atoms with Crippen molar-refractivity contribution in [3.05, 3.63) is 59.7 Å². The van der Waals surface area contributed by atoms with E-state index in [1.54, 1.807) is 24.3 Å². The lowest BCUT2D eigenvalue weighted by Crippen LogP contribution is -2.32. The molecule has 1 fully saturated rings. The van der Waals surface area contributed by atoms with Crippen LogP contribution in [0.1, 0.15) is 42.1 Å². The number of hydrogen-bond donors (Lipinski definition) is 1. The molecule has 33 heavy (non-hydrogen) atoms. The van der Waals surface area contributed by atoms with Crippen LogP contribution in [-0.2, 0) is 26.2 Å². The third-order valence-corrected chi connectivity index (χ3v) is 10.3. The van der Waals surface area contributed by atoms with Crippen molar-refractivity contribution in [2.75, 3.05) is 31.9 Å². The number of hydrogen-bond acceptors (Lipinski definition) is 6. The van der Waals surface area contributed by atoms with Crippen LogP contribution in [0, 0.1) is 0 Å². The molecule has 0 radical (unpaired) electrons. The quantitative estimate of drug-likeness (QED) is 0.518. The highest BCUT2D eigenvalue weighted by molar-refractivity contribution is 7.96. The van der Waals surface area contributed by atoms with Gasteiger partial charge >= 0.3 is 0 Å². The summed E-state index contributed by atoms with van der Waals surface area (Å²) in [6.07, 6.45) is 4.88. The standard InChI is InChI=1S/C23H30N2O4S2.2ClH/c26-30(27)18-22(31(28,29)20-10-3-1-4-11-20)23-19(9-7-12-21(23)30)17-24-13-8-16-25-14-5-2-6-15-25;;/h1,3-4,7,9-12,22,24H,2,5-6,8,13-18H2;2*1H. The summed E-state index contributed by atoms with van der Waals surface area (Å²) in [5.41, 5.74) is 1.19. The maximum atomic E-state index is 13.3. The molecule has 2 aliphatic heterocycles. The average Bonchev–Trinajstić information content (AvgIpc) is 3.07. The minimum Gasteiger partial charge on any atom is -0.313 e. The number of rotatable bonds is 8. The minimum absolute atomic E-state index is 0. The lowest BCUT2D eigenvalue weighted by Gasteiger charge is -2.26. The van der Waals surface area contributed by atoms with Crippen molar-refractivity contribution in [1.29, 1.82) is 0 Å². The number of halogens is 2. The fourth-order valence-electron chi connectivity index (χ4n) is 4.61. The van der Waals surface area contributed by atoms with Gasteiger partial charge in [0, 0.05) is 6.54 Å². The normalized spacial score (nSPS) is 19.8. The molecule has 0 aromatic heterocycles. The zero-order valence-electron chi connectivity index (χ0n) is 18.5. The van der Waals surface area contributed by atoms with E-state index in [0.717, 1.165) is 25.1 Å². The van der Waals surface area contributed by atoms with E-state index in [9.17, 15) is 16.8 Å². The molecule has 2 aliphatic rings. The van der Waals surface area contributed by atoms with E-state index in [1.807, 2.05) is 6.07 Å². The first kappa shape index (κ1) is 28.1. The molecule has 0 amide bonds. The van der Waals surface area contributed by atoms with Crippen LogP contribution in [0.5, 0.6) is 0 Å². The Morgan fingerprint density at radius 3 is 2.33 bits per heavy atom. The Morgan fingerprint density at radius 2 is 1.64 bits per heavy atom. The molecule has 0 saturated carbocycles. The van der Waals surface area contributed by atoms with Gasteiger partial charge in [-0.05, 0) is 74.8 Å². The molecule has 0 spiro atoms. The van der Waals surface area contributed by atoms with Crippen LogP contribution in [0.15, 0.2) is 58.3 Å². The van der Waals surface area contributed by atoms with Gasteiger partial charge in [-0.15, -0.1) is 24.8 Å². The summed E-state index contributed by atoms with van der Waals surface area (Å²) in [5.74, 6) is -0.397. The molecular weight excluding hydrogens is 503 g/mol. The van der Waals surface area contributed by atoms with Gasteiger partial charge in [-0.3, -0.25) is 0 Å². The lowest BCUT2D eigenvalue weighted by molar-refractivity contribution is 0.225. The second-order valence-corrected chi connectivity index (χ2v) is 12.5. The van der Waals surface area contributed by atoms with E-state index < -0.39 is 30.7 Å². The van der Waals surface area contributed by atoms with E-state index in [4.69, 9.17) is 0 Å². The second kappa shape index (κ2) is 12.0. The van der Waals surface area contributed by atoms with Crippen LogP contribution in [-0.4, -0.2) is 53.7 Å². The van der Waals surface area contributed by atoms with Gasteiger partial charge in [-0.2, -0.15) is 0 Å². The minimum atomic E-state index is -3.81. The Labute approximate surface area is 209 Å². The first-order valence-electron chi connectivity index (χ1n) is 11.0. The van der Waals surface area contributed by atoms with E-state index in [1.165, 1.54) is 50.6 Å². The Morgan fingerprint density at radius 1 is 0.939 bits per heavy atom. The van der Waals surface area contributed by atoms with Crippen molar-refractivity contribution in [2.24, 2.45) is 0 Å². The summed E-state index contributed by atoms with van der Waals surface area (Å²) in [6, 6.07) is 13.2. The monoisotopic (exact) mass is 534 g/mol. The number of fused-ring (bicyclic) bond motifs is 1. The highest BCUT2D eigenvalue weighted by Gasteiger charge is 2.44. The van der Waals surface area contributed by atoms with Gasteiger partial charge in [0.25, 0.3) is 0 Å². The van der Waals surface area contributed by atoms with Crippen molar-refractivity contribution in [3.63, 3.8) is 0 Å². The van der Waals surface area contributed by atoms with Crippen molar-refractivity contribution in [2.45, 2.75) is 47.3 Å². The molecule has 1 unspecified atom stereocenters. The highest BCUT2D eigenvalue weighted by atomic mass is 35.5. The number of piperidine rings is 1. The summed E-state index contributed by atoms with van der Waals surface area (Å²) >= 11 is 0. The number of likely N-dealkylation sites (tertiary alicyclic amines) is 1. The van der Waals surface area contributed by atoms with Crippen molar-refractivity contribution in [1.82, 2.24) is 10.2 Å². The Kier molecular flexibility index (Phi) is 10.2. The van der Waals surface area contributed by atoms with Gasteiger partial charge in [0.2, 0.25) is 0 Å². The van der Waals surface area contributed by atoms with Crippen LogP contribution < -0.4 is 5.32 Å². The lowest BCUT2D eigenvalue weighted by atomic mass is 10.0. The molecule has 6 nitrogen and oxygen atoms in total. The predicted molar refractivity (Wildman–Crippen MR) is 136 cm³/mol. The summed E-state index contributed by atoms with van der Waals surface area (Å²) < 4.78 is 52.1. The summed E-state index contributed by atoms with van der Waals surface area (Å²) in [5, 5.41) is 2.33. The largest absolute Gasteiger partial charge is 0.313 e. The number of sulfone groups is 2. The van der Waals surface area contributed by atoms with Crippen LogP contribution in [0.25, 0.3) is 0 Å². The molecule has 2 heterocycles. The zero-order valence-corrected chi connectivity index (χ0v) is 21.7. The van der Waals surface area contributed by atoms with Gasteiger partial charge in [-0.1, -0.05) is 36.8 Å². The van der Waals surface area contributed by atoms with E-state index in [2.05, 4.69) is 10.2 Å². The van der Waals surface area contributed by atoms with Gasteiger partial charge in [0.1, 0.15) is 5.25 Å². The Hall–Kier alpha value is -1.16. The van der Waals surface area contributed by atoms with E-state index in [-0.39, 0.29) is 34.6 Å². The molecule has 1 N–H and O–H groups in total. The maximum Gasteiger partial charge on any atom is 0.186 e. The van der Waals surface area contributed by atoms with Gasteiger partial charge in [0.05, 0.1) is 15.5 Å². The summed E-state index contributed by atoms with van der Waals surface area (Å²) in [7, 11) is -7.44. The molecule has 0 bridgehead atoms. The van der Waals surface area contributed by atoms with Gasteiger partial charge in [-0.25, -0.2) is 16.8 Å². The molecule has 1 atom stereocenters. The average molecular weight is 536 g/mol. The number of benzene rings is 2. The SMILES string of the molecule is Cl.Cl.O=S1(=O)CC(S(=O)(=O)c2ccccc2)c2c(CNCCCN3CCCCC3)cccc21. The smallest absolute Gasteiger partial charge is 0.186 e. The predicted octanol–water partition coefficient (Wildman–Crippen LogP) is 3.80. The molecule has 4 rings (SSSR count). The fourth-order valence-corrected chi connectivity index (χ4v) is 9.03. The fraction of sp³-hybridized carbons (Fsp3) is 0.478. The van der Waals surface area contributed by atoms with E-state index >= 15 is 0 Å². The molecule has 0 aliphatic carbocycles. The van der Waals surface area contributed by atoms with E-state index in [0.29, 0.717) is 12.1 Å². The van der Waals surface area contributed by atoms with Crippen LogP contribution >= 0.6 is 24.8 Å². The Balaban J connectivity index is 0.00000193. The van der Waals surface area contributed by atoms with Gasteiger partial charge in [0.15, 0.2) is 19.7 Å². The van der Waals surface area contributed by atoms with Crippen molar-refractivity contribution < 1.29 is 16.8 Å². The third-order valence-electron chi connectivity index (χ3n) is 6.22. The molecule has 2 aromatic rings. The summed E-state index contributed by atoms with van der Waals surface area (Å²) in [4.78, 5) is 2.80. The number of nitrogens with zero attached hydrogens (tertiary/aromatic N) is 1. The first-order valence-corrected chi connectivity index (χ1v) is 14.2. The Bertz CT molecular complexity index is 1120. The molecular formula is C23H32Cl2N2O4S2. The second-order valence-electron chi connectivity index (χ2n) is 8.39. The molecule has 10 heteroatoms. The topological polar surface area (TPSA) is 83.5 Å². The molecule has 184 valence electrons. The molecule has 2 aromatic carbocycles. The van der Waals surface area contributed by atoms with Crippen molar-refractivity contribution >= 4 is 44.5 Å². The zero-order chi connectivity index (χ0) is 21.9. The highest BCUT2D eigenvalue weighted by Crippen LogP contribution is 2.42. The third kappa shape index (κ3) is 6.29. The van der Waals surface area contributed by atoms with Crippen LogP contribution in [0.2, 0.25) is 0 Å². The van der Waals surface area contributed by atoms with Crippen LogP contribution in [0.4, 0.5) is 0 Å². The number of nitrogens with one attached hydrogen (secondary N) is 1. The first-order chi connectivity index (χ1) is 14.9. The van der Waals surface area contributed by atoms with Crippen molar-refractivity contribution in [3.8, 4) is 0 Å². The van der Waals surface area contributed by atoms with Crippen LogP contribution in [0.3, 0.4) is 0 Å². The van der Waals surface area contributed by atoms with Gasteiger partial charge < -0.3 is 10.2 Å². The summed E-state index contributed by atoms with van der Waals surface area (Å²) in [6.45, 7) is 4.66. The maximum absolute atomic E-state index is 13.3. The molecule has 1 saturated heterocycles.